The number of ether oxygens (including phenoxy) is 1. The second-order valence-electron chi connectivity index (χ2n) is 2.49. The molecule has 78 valence electrons. The lowest BCUT2D eigenvalue weighted by Gasteiger charge is -2.06. The number of aliphatic hydroxyl groups is 1. The summed E-state index contributed by atoms with van der Waals surface area (Å²) in [7, 11) is 0. The lowest BCUT2D eigenvalue weighted by atomic mass is 10.3. The van der Waals surface area contributed by atoms with Crippen molar-refractivity contribution < 1.29 is 18.6 Å². The minimum Gasteiger partial charge on any atom is -0.471 e. The fraction of sp³-hybridized carbons (Fsp3) is 0.375. The van der Waals surface area contributed by atoms with Crippen LogP contribution in [-0.4, -0.2) is 23.1 Å². The molecular weight excluding hydrogens is 216 g/mol. The number of hydrogen-bond donors (Lipinski definition) is 1. The van der Waals surface area contributed by atoms with Crippen LogP contribution in [0.5, 0.6) is 5.88 Å². The van der Waals surface area contributed by atoms with Gasteiger partial charge in [-0.3, -0.25) is 0 Å². The van der Waals surface area contributed by atoms with E-state index in [9.17, 15) is 8.78 Å². The standard InChI is InChI=1S/C8H8ClF2NO2/c9-6-1-5(3-13)2-12-8(6)14-4-7(10)11/h1-2,7,13H,3-4H2. The molecular formula is C8H8ClF2NO2. The van der Waals surface area contributed by atoms with Crippen LogP contribution in [0.1, 0.15) is 5.56 Å². The average molecular weight is 224 g/mol. The average Bonchev–Trinajstić information content (AvgIpc) is 2.15. The van der Waals surface area contributed by atoms with Crippen molar-refractivity contribution in [2.45, 2.75) is 13.0 Å². The van der Waals surface area contributed by atoms with Gasteiger partial charge in [-0.15, -0.1) is 0 Å². The quantitative estimate of drug-likeness (QED) is 0.847. The number of aliphatic hydroxyl groups excluding tert-OH is 1. The highest BCUT2D eigenvalue weighted by Crippen LogP contribution is 2.22. The number of pyridine rings is 1. The van der Waals surface area contributed by atoms with E-state index in [1.54, 1.807) is 0 Å². The molecule has 0 unspecified atom stereocenters. The maximum Gasteiger partial charge on any atom is 0.272 e. The molecule has 1 rings (SSSR count). The van der Waals surface area contributed by atoms with Crippen molar-refractivity contribution in [2.75, 3.05) is 6.61 Å². The molecule has 1 aromatic rings. The Morgan fingerprint density at radius 1 is 1.57 bits per heavy atom. The molecule has 0 fully saturated rings. The van der Waals surface area contributed by atoms with E-state index in [1.165, 1.54) is 12.3 Å². The molecule has 14 heavy (non-hydrogen) atoms. The number of alkyl halides is 2. The molecule has 0 spiro atoms. The first kappa shape index (κ1) is 11.1. The van der Waals surface area contributed by atoms with E-state index in [0.29, 0.717) is 5.56 Å². The van der Waals surface area contributed by atoms with E-state index in [0.717, 1.165) is 0 Å². The first-order valence-electron chi connectivity index (χ1n) is 3.79. The number of nitrogens with zero attached hydrogens (tertiary/aromatic N) is 1. The Kier molecular flexibility index (Phi) is 4.03. The van der Waals surface area contributed by atoms with Gasteiger partial charge in [0.15, 0.2) is 6.61 Å². The zero-order chi connectivity index (χ0) is 10.6. The predicted octanol–water partition coefficient (Wildman–Crippen LogP) is 1.87. The topological polar surface area (TPSA) is 42.4 Å². The fourth-order valence-corrected chi connectivity index (χ4v) is 1.04. The van der Waals surface area contributed by atoms with Crippen molar-refractivity contribution in [3.8, 4) is 5.88 Å². The minimum absolute atomic E-state index is 0.0517. The summed E-state index contributed by atoms with van der Waals surface area (Å²) in [6, 6.07) is 1.41. The van der Waals surface area contributed by atoms with Crippen LogP contribution in [-0.2, 0) is 6.61 Å². The van der Waals surface area contributed by atoms with Crippen LogP contribution < -0.4 is 4.74 Å². The van der Waals surface area contributed by atoms with Gasteiger partial charge in [-0.2, -0.15) is 0 Å². The molecule has 0 aromatic carbocycles. The van der Waals surface area contributed by atoms with Crippen molar-refractivity contribution in [3.63, 3.8) is 0 Å². The Labute approximate surface area is 84.3 Å². The Morgan fingerprint density at radius 3 is 2.79 bits per heavy atom. The number of rotatable bonds is 4. The van der Waals surface area contributed by atoms with E-state index in [2.05, 4.69) is 9.72 Å². The number of aromatic nitrogens is 1. The largest absolute Gasteiger partial charge is 0.471 e. The van der Waals surface area contributed by atoms with E-state index >= 15 is 0 Å². The molecule has 0 saturated carbocycles. The highest BCUT2D eigenvalue weighted by Gasteiger charge is 2.08. The summed E-state index contributed by atoms with van der Waals surface area (Å²) in [6.07, 6.45) is -1.25. The van der Waals surface area contributed by atoms with Gasteiger partial charge in [0.2, 0.25) is 5.88 Å². The lowest BCUT2D eigenvalue weighted by molar-refractivity contribution is 0.0796. The monoisotopic (exact) mass is 223 g/mol. The smallest absolute Gasteiger partial charge is 0.272 e. The van der Waals surface area contributed by atoms with Crippen LogP contribution in [0.25, 0.3) is 0 Å². The summed E-state index contributed by atoms with van der Waals surface area (Å²) in [6.45, 7) is -0.951. The maximum atomic E-state index is 11.8. The van der Waals surface area contributed by atoms with Gasteiger partial charge in [-0.25, -0.2) is 13.8 Å². The van der Waals surface area contributed by atoms with Crippen molar-refractivity contribution in [1.82, 2.24) is 4.98 Å². The molecule has 6 heteroatoms. The first-order valence-corrected chi connectivity index (χ1v) is 4.17. The normalized spacial score (nSPS) is 10.6. The molecule has 0 saturated heterocycles. The summed E-state index contributed by atoms with van der Waals surface area (Å²) in [5.74, 6) is -0.0517. The van der Waals surface area contributed by atoms with Crippen LogP contribution in [0.4, 0.5) is 8.78 Å². The third-order valence-electron chi connectivity index (χ3n) is 1.39. The van der Waals surface area contributed by atoms with E-state index in [-0.39, 0.29) is 17.5 Å². The molecule has 0 aliphatic carbocycles. The van der Waals surface area contributed by atoms with E-state index in [4.69, 9.17) is 16.7 Å². The Balaban J connectivity index is 2.69. The number of halogens is 3. The van der Waals surface area contributed by atoms with Crippen LogP contribution in [0.3, 0.4) is 0 Å². The van der Waals surface area contributed by atoms with Gasteiger partial charge >= 0.3 is 0 Å². The van der Waals surface area contributed by atoms with Gasteiger partial charge in [0, 0.05) is 6.20 Å². The molecule has 0 aliphatic rings. The van der Waals surface area contributed by atoms with Gasteiger partial charge in [-0.1, -0.05) is 11.6 Å². The summed E-state index contributed by atoms with van der Waals surface area (Å²) >= 11 is 5.65. The molecule has 0 bridgehead atoms. The van der Waals surface area contributed by atoms with Gasteiger partial charge < -0.3 is 9.84 Å². The SMILES string of the molecule is OCc1cnc(OCC(F)F)c(Cl)c1. The molecule has 0 aliphatic heterocycles. The van der Waals surface area contributed by atoms with Crippen LogP contribution in [0.15, 0.2) is 12.3 Å². The second-order valence-corrected chi connectivity index (χ2v) is 2.90. The fourth-order valence-electron chi connectivity index (χ4n) is 0.800. The van der Waals surface area contributed by atoms with Crippen LogP contribution >= 0.6 is 11.6 Å². The second kappa shape index (κ2) is 5.07. The summed E-state index contributed by atoms with van der Waals surface area (Å²) < 4.78 is 28.1. The molecule has 0 radical (unpaired) electrons. The van der Waals surface area contributed by atoms with E-state index in [1.807, 2.05) is 0 Å². The van der Waals surface area contributed by atoms with Gasteiger partial charge in [-0.05, 0) is 11.6 Å². The van der Waals surface area contributed by atoms with Gasteiger partial charge in [0.1, 0.15) is 5.02 Å². The molecule has 0 amide bonds. The van der Waals surface area contributed by atoms with Crippen LogP contribution in [0.2, 0.25) is 5.02 Å². The van der Waals surface area contributed by atoms with Crippen molar-refractivity contribution in [3.05, 3.63) is 22.8 Å². The molecule has 3 nitrogen and oxygen atoms in total. The lowest BCUT2D eigenvalue weighted by Crippen LogP contribution is -2.08. The zero-order valence-electron chi connectivity index (χ0n) is 7.08. The van der Waals surface area contributed by atoms with Gasteiger partial charge in [0.05, 0.1) is 6.61 Å². The Hall–Kier alpha value is -0.940. The third-order valence-corrected chi connectivity index (χ3v) is 1.66. The summed E-state index contributed by atoms with van der Waals surface area (Å²) in [4.78, 5) is 3.67. The molecule has 0 atom stereocenters. The summed E-state index contributed by atoms with van der Waals surface area (Å²) in [5, 5.41) is 8.82. The highest BCUT2D eigenvalue weighted by atomic mass is 35.5. The minimum atomic E-state index is -2.56. The Morgan fingerprint density at radius 2 is 2.29 bits per heavy atom. The zero-order valence-corrected chi connectivity index (χ0v) is 7.84. The van der Waals surface area contributed by atoms with Gasteiger partial charge in [0.25, 0.3) is 6.43 Å². The predicted molar refractivity (Wildman–Crippen MR) is 46.7 cm³/mol. The van der Waals surface area contributed by atoms with Crippen molar-refractivity contribution >= 4 is 11.6 Å². The van der Waals surface area contributed by atoms with Crippen LogP contribution in [0, 0.1) is 0 Å². The van der Waals surface area contributed by atoms with E-state index < -0.39 is 13.0 Å². The van der Waals surface area contributed by atoms with Crippen molar-refractivity contribution in [2.24, 2.45) is 0 Å². The highest BCUT2D eigenvalue weighted by molar-refractivity contribution is 6.31. The number of hydrogen-bond acceptors (Lipinski definition) is 3. The Bertz CT molecular complexity index is 309. The third kappa shape index (κ3) is 3.08. The summed E-state index contributed by atoms with van der Waals surface area (Å²) in [5.41, 5.74) is 0.499. The molecule has 1 aromatic heterocycles. The molecule has 1 N–H and O–H groups in total. The molecule has 1 heterocycles. The van der Waals surface area contributed by atoms with Crippen molar-refractivity contribution in [1.29, 1.82) is 0 Å². The maximum absolute atomic E-state index is 11.8. The first-order chi connectivity index (χ1) is 6.63.